The molecule has 18 heavy (non-hydrogen) atoms. The van der Waals surface area contributed by atoms with Gasteiger partial charge in [0.25, 0.3) is 0 Å². The Hall–Kier alpha value is -1.22. The molecule has 0 fully saturated rings. The Bertz CT molecular complexity index is 399. The number of aliphatic hydroxyl groups excluding tert-OH is 1. The highest BCUT2D eigenvalue weighted by molar-refractivity contribution is 5.61. The molecule has 3 heteroatoms. The third-order valence-corrected chi connectivity index (χ3v) is 3.53. The van der Waals surface area contributed by atoms with Crippen molar-refractivity contribution in [2.75, 3.05) is 25.7 Å². The van der Waals surface area contributed by atoms with Crippen LogP contribution in [0.4, 0.5) is 5.69 Å². The SMILES string of the molecule is COc1cc(C(C)C)ccc1N(C)C(C)(C)CO. The lowest BCUT2D eigenvalue weighted by atomic mass is 10.00. The fourth-order valence-electron chi connectivity index (χ4n) is 1.76. The first kappa shape index (κ1) is 14.8. The summed E-state index contributed by atoms with van der Waals surface area (Å²) in [6, 6.07) is 6.25. The molecule has 1 rings (SSSR count). The van der Waals surface area contributed by atoms with Crippen LogP contribution in [0.2, 0.25) is 0 Å². The van der Waals surface area contributed by atoms with Gasteiger partial charge in [0.05, 0.1) is 24.9 Å². The minimum Gasteiger partial charge on any atom is -0.495 e. The molecule has 1 aromatic rings. The van der Waals surface area contributed by atoms with Crippen LogP contribution in [-0.2, 0) is 0 Å². The first-order valence-electron chi connectivity index (χ1n) is 6.36. The lowest BCUT2D eigenvalue weighted by molar-refractivity contribution is 0.215. The van der Waals surface area contributed by atoms with Crippen molar-refractivity contribution in [3.63, 3.8) is 0 Å². The topological polar surface area (TPSA) is 32.7 Å². The van der Waals surface area contributed by atoms with Crippen LogP contribution in [0.1, 0.15) is 39.2 Å². The number of likely N-dealkylation sites (N-methyl/N-ethyl adjacent to an activating group) is 1. The van der Waals surface area contributed by atoms with Crippen LogP contribution in [0.3, 0.4) is 0 Å². The Kier molecular flexibility index (Phi) is 4.63. The molecule has 3 nitrogen and oxygen atoms in total. The predicted octanol–water partition coefficient (Wildman–Crippen LogP) is 3.03. The number of anilines is 1. The third-order valence-electron chi connectivity index (χ3n) is 3.53. The van der Waals surface area contributed by atoms with E-state index in [2.05, 4.69) is 36.9 Å². The highest BCUT2D eigenvalue weighted by Crippen LogP contribution is 2.34. The van der Waals surface area contributed by atoms with Gasteiger partial charge in [-0.2, -0.15) is 0 Å². The van der Waals surface area contributed by atoms with Gasteiger partial charge in [0.15, 0.2) is 0 Å². The van der Waals surface area contributed by atoms with Gasteiger partial charge in [-0.25, -0.2) is 0 Å². The van der Waals surface area contributed by atoms with Crippen LogP contribution < -0.4 is 9.64 Å². The first-order chi connectivity index (χ1) is 8.33. The second-order valence-corrected chi connectivity index (χ2v) is 5.62. The summed E-state index contributed by atoms with van der Waals surface area (Å²) in [5, 5.41) is 9.45. The van der Waals surface area contributed by atoms with Crippen LogP contribution in [0.15, 0.2) is 18.2 Å². The first-order valence-corrected chi connectivity index (χ1v) is 6.36. The Balaban J connectivity index is 3.17. The summed E-state index contributed by atoms with van der Waals surface area (Å²) in [5.74, 6) is 1.33. The molecular formula is C15H25NO2. The standard InChI is InChI=1S/C15H25NO2/c1-11(2)12-7-8-13(14(9-12)18-6)16(5)15(3,4)10-17/h7-9,11,17H,10H2,1-6H3. The second kappa shape index (κ2) is 5.61. The molecule has 0 aromatic heterocycles. The number of ether oxygens (including phenoxy) is 1. The van der Waals surface area contributed by atoms with E-state index in [0.717, 1.165) is 11.4 Å². The van der Waals surface area contributed by atoms with Crippen LogP contribution in [0, 0.1) is 0 Å². The summed E-state index contributed by atoms with van der Waals surface area (Å²) >= 11 is 0. The van der Waals surface area contributed by atoms with Crippen molar-refractivity contribution < 1.29 is 9.84 Å². The van der Waals surface area contributed by atoms with Crippen LogP contribution >= 0.6 is 0 Å². The van der Waals surface area contributed by atoms with E-state index in [-0.39, 0.29) is 12.1 Å². The average Bonchev–Trinajstić information content (AvgIpc) is 2.36. The Labute approximate surface area is 110 Å². The average molecular weight is 251 g/mol. The number of hydrogen-bond acceptors (Lipinski definition) is 3. The number of nitrogens with zero attached hydrogens (tertiary/aromatic N) is 1. The van der Waals surface area contributed by atoms with Crippen molar-refractivity contribution in [2.45, 2.75) is 39.2 Å². The summed E-state index contributed by atoms with van der Waals surface area (Å²) in [6.07, 6.45) is 0. The maximum Gasteiger partial charge on any atom is 0.142 e. The molecule has 0 atom stereocenters. The van der Waals surface area contributed by atoms with Crippen LogP contribution in [0.25, 0.3) is 0 Å². The van der Waals surface area contributed by atoms with Gasteiger partial charge in [-0.05, 0) is 37.5 Å². The normalized spacial score (nSPS) is 11.8. The molecule has 0 aliphatic carbocycles. The minimum atomic E-state index is -0.313. The number of rotatable bonds is 5. The maximum absolute atomic E-state index is 9.45. The predicted molar refractivity (Wildman–Crippen MR) is 76.7 cm³/mol. The summed E-state index contributed by atoms with van der Waals surface area (Å²) in [4.78, 5) is 2.05. The van der Waals surface area contributed by atoms with E-state index in [1.165, 1.54) is 5.56 Å². The summed E-state index contributed by atoms with van der Waals surface area (Å²) < 4.78 is 5.47. The molecule has 1 N–H and O–H groups in total. The minimum absolute atomic E-state index is 0.0958. The van der Waals surface area contributed by atoms with E-state index in [1.807, 2.05) is 20.9 Å². The van der Waals surface area contributed by atoms with E-state index in [4.69, 9.17) is 4.74 Å². The van der Waals surface area contributed by atoms with E-state index in [1.54, 1.807) is 7.11 Å². The fourth-order valence-corrected chi connectivity index (χ4v) is 1.76. The van der Waals surface area contributed by atoms with Crippen molar-refractivity contribution in [3.8, 4) is 5.75 Å². The van der Waals surface area contributed by atoms with Gasteiger partial charge in [-0.1, -0.05) is 19.9 Å². The zero-order chi connectivity index (χ0) is 13.9. The van der Waals surface area contributed by atoms with Gasteiger partial charge >= 0.3 is 0 Å². The molecule has 0 heterocycles. The number of hydrogen-bond donors (Lipinski definition) is 1. The van der Waals surface area contributed by atoms with Crippen molar-refractivity contribution in [3.05, 3.63) is 23.8 Å². The Morgan fingerprint density at radius 2 is 1.94 bits per heavy atom. The maximum atomic E-state index is 9.45. The van der Waals surface area contributed by atoms with Gasteiger partial charge in [0, 0.05) is 7.05 Å². The van der Waals surface area contributed by atoms with Crippen LogP contribution in [0.5, 0.6) is 5.75 Å². The van der Waals surface area contributed by atoms with Crippen molar-refractivity contribution in [2.24, 2.45) is 0 Å². The summed E-state index contributed by atoms with van der Waals surface area (Å²) in [5.41, 5.74) is 1.94. The van der Waals surface area contributed by atoms with Gasteiger partial charge in [0.1, 0.15) is 5.75 Å². The smallest absolute Gasteiger partial charge is 0.142 e. The van der Waals surface area contributed by atoms with Crippen LogP contribution in [-0.4, -0.2) is 31.4 Å². The molecule has 0 spiro atoms. The number of aliphatic hydroxyl groups is 1. The van der Waals surface area contributed by atoms with E-state index < -0.39 is 0 Å². The molecule has 0 aliphatic heterocycles. The van der Waals surface area contributed by atoms with E-state index in [9.17, 15) is 5.11 Å². The zero-order valence-electron chi connectivity index (χ0n) is 12.3. The largest absolute Gasteiger partial charge is 0.495 e. The fraction of sp³-hybridized carbons (Fsp3) is 0.600. The lowest BCUT2D eigenvalue weighted by Gasteiger charge is -2.36. The molecule has 0 unspecified atom stereocenters. The molecular weight excluding hydrogens is 226 g/mol. The van der Waals surface area contributed by atoms with E-state index in [0.29, 0.717) is 5.92 Å². The van der Waals surface area contributed by atoms with Crippen molar-refractivity contribution in [1.82, 2.24) is 0 Å². The number of benzene rings is 1. The second-order valence-electron chi connectivity index (χ2n) is 5.62. The van der Waals surface area contributed by atoms with Gasteiger partial charge in [-0.3, -0.25) is 0 Å². The molecule has 0 aliphatic rings. The lowest BCUT2D eigenvalue weighted by Crippen LogP contribution is -2.44. The molecule has 1 aromatic carbocycles. The van der Waals surface area contributed by atoms with Crippen molar-refractivity contribution >= 4 is 5.69 Å². The monoisotopic (exact) mass is 251 g/mol. The number of methoxy groups -OCH3 is 1. The highest BCUT2D eigenvalue weighted by Gasteiger charge is 2.25. The molecule has 0 bridgehead atoms. The van der Waals surface area contributed by atoms with Gasteiger partial charge < -0.3 is 14.7 Å². The van der Waals surface area contributed by atoms with E-state index >= 15 is 0 Å². The molecule has 0 saturated heterocycles. The molecule has 0 saturated carbocycles. The zero-order valence-corrected chi connectivity index (χ0v) is 12.3. The third kappa shape index (κ3) is 2.96. The highest BCUT2D eigenvalue weighted by atomic mass is 16.5. The molecule has 0 amide bonds. The van der Waals surface area contributed by atoms with Crippen molar-refractivity contribution in [1.29, 1.82) is 0 Å². The Morgan fingerprint density at radius 3 is 2.39 bits per heavy atom. The quantitative estimate of drug-likeness (QED) is 0.873. The molecule has 0 radical (unpaired) electrons. The summed E-state index contributed by atoms with van der Waals surface area (Å²) in [7, 11) is 3.66. The van der Waals surface area contributed by atoms with Gasteiger partial charge in [0.2, 0.25) is 0 Å². The molecule has 102 valence electrons. The summed E-state index contributed by atoms with van der Waals surface area (Å²) in [6.45, 7) is 8.43. The van der Waals surface area contributed by atoms with Gasteiger partial charge in [-0.15, -0.1) is 0 Å². The Morgan fingerprint density at radius 1 is 1.33 bits per heavy atom.